The number of phosphoric ester groups is 1. The number of ether oxygens (including phenoxy) is 1. The third-order valence-electron chi connectivity index (χ3n) is 7.13. The van der Waals surface area contributed by atoms with E-state index in [9.17, 15) is 19.0 Å². The van der Waals surface area contributed by atoms with Gasteiger partial charge in [0.25, 0.3) is 0 Å². The SMILES string of the molecule is CCCCCCCCCCCCCCC[C@@H](OC(=O)c1ccccc1)[C@H](COP(=O)(O)OCC[N+](C)(C)C)NC(C)=O. The van der Waals surface area contributed by atoms with Gasteiger partial charge in [0.1, 0.15) is 19.3 Å². The second-order valence-electron chi connectivity index (χ2n) is 12.3. The van der Waals surface area contributed by atoms with E-state index >= 15 is 0 Å². The molecule has 0 aromatic heterocycles. The highest BCUT2D eigenvalue weighted by Gasteiger charge is 2.31. The first-order valence-corrected chi connectivity index (χ1v) is 17.4. The molecule has 0 aliphatic heterocycles. The number of quaternary nitrogens is 1. The fourth-order valence-electron chi connectivity index (χ4n) is 4.63. The number of hydrogen-bond acceptors (Lipinski definition) is 6. The smallest absolute Gasteiger partial charge is 0.456 e. The number of likely N-dealkylation sites (N-methyl/N-ethyl adjacent to an activating group) is 1. The number of esters is 1. The van der Waals surface area contributed by atoms with Crippen LogP contribution in [0.3, 0.4) is 0 Å². The van der Waals surface area contributed by atoms with Gasteiger partial charge < -0.3 is 19.4 Å². The van der Waals surface area contributed by atoms with Crippen molar-refractivity contribution in [2.45, 2.75) is 116 Å². The topological polar surface area (TPSA) is 111 Å². The lowest BCUT2D eigenvalue weighted by Crippen LogP contribution is -2.47. The van der Waals surface area contributed by atoms with Crippen molar-refractivity contribution in [3.63, 3.8) is 0 Å². The third-order valence-corrected chi connectivity index (χ3v) is 8.12. The van der Waals surface area contributed by atoms with Gasteiger partial charge in [-0.3, -0.25) is 13.8 Å². The molecule has 1 aromatic rings. The molecule has 242 valence electrons. The average molecular weight is 614 g/mol. The van der Waals surface area contributed by atoms with Crippen molar-refractivity contribution in [3.8, 4) is 0 Å². The molecule has 0 radical (unpaired) electrons. The normalized spacial score (nSPS) is 14.6. The zero-order chi connectivity index (χ0) is 31.3. The zero-order valence-corrected chi connectivity index (χ0v) is 27.7. The minimum atomic E-state index is -4.37. The Bertz CT molecular complexity index is 908. The van der Waals surface area contributed by atoms with E-state index in [1.54, 1.807) is 24.3 Å². The molecule has 0 bridgehead atoms. The molecule has 2 N–H and O–H groups in total. The molecule has 1 amide bonds. The third kappa shape index (κ3) is 20.2. The van der Waals surface area contributed by atoms with Gasteiger partial charge in [0.05, 0.1) is 39.4 Å². The lowest BCUT2D eigenvalue weighted by Gasteiger charge is -2.28. The Balaban J connectivity index is 2.65. The molecule has 10 heteroatoms. The Morgan fingerprint density at radius 3 is 1.88 bits per heavy atom. The molecule has 0 spiro atoms. The van der Waals surface area contributed by atoms with Crippen LogP contribution in [0.5, 0.6) is 0 Å². The number of carbonyl (C=O) groups is 2. The molecule has 1 unspecified atom stereocenters. The molecule has 0 saturated heterocycles. The quantitative estimate of drug-likeness (QED) is 0.0527. The minimum Gasteiger partial charge on any atom is -0.456 e. The summed E-state index contributed by atoms with van der Waals surface area (Å²) in [6, 6.07) is 7.84. The highest BCUT2D eigenvalue weighted by atomic mass is 31.2. The Kier molecular flexibility index (Phi) is 19.9. The van der Waals surface area contributed by atoms with Crippen molar-refractivity contribution >= 4 is 19.7 Å². The van der Waals surface area contributed by atoms with Gasteiger partial charge in [-0.1, -0.05) is 102 Å². The van der Waals surface area contributed by atoms with Crippen LogP contribution in [0.4, 0.5) is 0 Å². The van der Waals surface area contributed by atoms with Crippen molar-refractivity contribution in [1.29, 1.82) is 0 Å². The number of carbonyl (C=O) groups excluding carboxylic acids is 2. The molecular weight excluding hydrogens is 555 g/mol. The van der Waals surface area contributed by atoms with Crippen LogP contribution < -0.4 is 5.32 Å². The van der Waals surface area contributed by atoms with E-state index in [2.05, 4.69) is 12.2 Å². The van der Waals surface area contributed by atoms with Gasteiger partial charge in [0.15, 0.2) is 0 Å². The highest BCUT2D eigenvalue weighted by Crippen LogP contribution is 2.43. The standard InChI is InChI=1S/C32H57N2O7P/c1-6-7-8-9-10-11-12-13-14-15-16-17-21-24-31(41-32(36)29-22-19-18-20-23-29)30(33-28(2)35)27-40-42(37,38)39-26-25-34(3,4)5/h18-20,22-23,30-31H,6-17,21,24-27H2,1-5H3,(H-,33,35,37,38)/p+1/t30-,31+/m0/s1. The first kappa shape index (κ1) is 38.3. The first-order valence-electron chi connectivity index (χ1n) is 15.9. The first-order chi connectivity index (χ1) is 19.9. The molecule has 3 atom stereocenters. The fourth-order valence-corrected chi connectivity index (χ4v) is 5.37. The summed E-state index contributed by atoms with van der Waals surface area (Å²) in [6.45, 7) is 3.81. The minimum absolute atomic E-state index is 0.0352. The van der Waals surface area contributed by atoms with Gasteiger partial charge in [-0.15, -0.1) is 0 Å². The van der Waals surface area contributed by atoms with Gasteiger partial charge in [0, 0.05) is 6.92 Å². The van der Waals surface area contributed by atoms with E-state index in [0.717, 1.165) is 19.3 Å². The van der Waals surface area contributed by atoms with Crippen molar-refractivity contribution in [3.05, 3.63) is 35.9 Å². The number of nitrogens with one attached hydrogen (secondary N) is 1. The van der Waals surface area contributed by atoms with Gasteiger partial charge in [0.2, 0.25) is 5.91 Å². The Hall–Kier alpha value is -1.77. The van der Waals surface area contributed by atoms with E-state index in [-0.39, 0.29) is 19.1 Å². The molecule has 0 saturated carbocycles. The van der Waals surface area contributed by atoms with Crippen LogP contribution in [0.25, 0.3) is 0 Å². The zero-order valence-electron chi connectivity index (χ0n) is 26.9. The summed E-state index contributed by atoms with van der Waals surface area (Å²) >= 11 is 0. The molecule has 0 aliphatic carbocycles. The van der Waals surface area contributed by atoms with Crippen LogP contribution >= 0.6 is 7.82 Å². The largest absolute Gasteiger partial charge is 0.472 e. The van der Waals surface area contributed by atoms with Gasteiger partial charge in [-0.05, 0) is 25.0 Å². The number of unbranched alkanes of at least 4 members (excludes halogenated alkanes) is 12. The summed E-state index contributed by atoms with van der Waals surface area (Å²) < 4.78 is 29.3. The maximum atomic E-state index is 12.9. The second-order valence-corrected chi connectivity index (χ2v) is 13.7. The van der Waals surface area contributed by atoms with Gasteiger partial charge in [-0.2, -0.15) is 0 Å². The van der Waals surface area contributed by atoms with E-state index in [1.807, 2.05) is 27.2 Å². The fraction of sp³-hybridized carbons (Fsp3) is 0.750. The van der Waals surface area contributed by atoms with Gasteiger partial charge in [-0.25, -0.2) is 9.36 Å². The second kappa shape index (κ2) is 21.8. The summed E-state index contributed by atoms with van der Waals surface area (Å²) in [5, 5.41) is 2.75. The number of amides is 1. The van der Waals surface area contributed by atoms with Crippen LogP contribution in [0, 0.1) is 0 Å². The lowest BCUT2D eigenvalue weighted by atomic mass is 10.0. The summed E-state index contributed by atoms with van der Waals surface area (Å²) in [6.07, 6.45) is 15.6. The van der Waals surface area contributed by atoms with Crippen molar-refractivity contribution < 1.29 is 37.3 Å². The number of hydrogen-bond donors (Lipinski definition) is 2. The molecule has 0 heterocycles. The number of rotatable bonds is 25. The molecule has 42 heavy (non-hydrogen) atoms. The Morgan fingerprint density at radius 2 is 1.38 bits per heavy atom. The van der Waals surface area contributed by atoms with Crippen LogP contribution in [-0.2, 0) is 23.1 Å². The molecule has 0 fully saturated rings. The predicted molar refractivity (Wildman–Crippen MR) is 168 cm³/mol. The molecule has 0 aliphatic rings. The molecular formula is C32H58N2O7P+. The van der Waals surface area contributed by atoms with Crippen molar-refractivity contribution in [2.75, 3.05) is 40.9 Å². The summed E-state index contributed by atoms with van der Waals surface area (Å²) in [7, 11) is 1.47. The molecule has 1 rings (SSSR count). The maximum Gasteiger partial charge on any atom is 0.472 e. The van der Waals surface area contributed by atoms with Gasteiger partial charge >= 0.3 is 13.8 Å². The van der Waals surface area contributed by atoms with Crippen LogP contribution in [-0.4, -0.2) is 74.3 Å². The summed E-state index contributed by atoms with van der Waals surface area (Å²) in [5.74, 6) is -0.870. The van der Waals surface area contributed by atoms with E-state index in [1.165, 1.54) is 71.1 Å². The summed E-state index contributed by atoms with van der Waals surface area (Å²) in [5.41, 5.74) is 0.395. The van der Waals surface area contributed by atoms with Crippen LogP contribution in [0.2, 0.25) is 0 Å². The van der Waals surface area contributed by atoms with Crippen molar-refractivity contribution in [1.82, 2.24) is 5.32 Å². The predicted octanol–water partition coefficient (Wildman–Crippen LogP) is 7.04. The van der Waals surface area contributed by atoms with Crippen LogP contribution in [0.15, 0.2) is 30.3 Å². The van der Waals surface area contributed by atoms with Crippen LogP contribution in [0.1, 0.15) is 114 Å². The summed E-state index contributed by atoms with van der Waals surface area (Å²) in [4.78, 5) is 35.2. The van der Waals surface area contributed by atoms with E-state index < -0.39 is 25.9 Å². The monoisotopic (exact) mass is 613 g/mol. The molecule has 1 aromatic carbocycles. The number of nitrogens with zero attached hydrogens (tertiary/aromatic N) is 1. The van der Waals surface area contributed by atoms with E-state index in [4.69, 9.17) is 13.8 Å². The molecule has 9 nitrogen and oxygen atoms in total. The average Bonchev–Trinajstić information content (AvgIpc) is 2.92. The Labute approximate surface area is 254 Å². The van der Waals surface area contributed by atoms with Crippen molar-refractivity contribution in [2.24, 2.45) is 0 Å². The maximum absolute atomic E-state index is 12.9. The highest BCUT2D eigenvalue weighted by molar-refractivity contribution is 7.47. The number of benzene rings is 1. The Morgan fingerprint density at radius 1 is 0.857 bits per heavy atom. The lowest BCUT2D eigenvalue weighted by molar-refractivity contribution is -0.870. The van der Waals surface area contributed by atoms with E-state index in [0.29, 0.717) is 23.0 Å². The number of phosphoric acid groups is 1.